The van der Waals surface area contributed by atoms with E-state index in [2.05, 4.69) is 5.32 Å². The van der Waals surface area contributed by atoms with Gasteiger partial charge in [0.15, 0.2) is 0 Å². The van der Waals surface area contributed by atoms with E-state index in [9.17, 15) is 14.7 Å². The molecule has 1 fully saturated rings. The van der Waals surface area contributed by atoms with Gasteiger partial charge < -0.3 is 25.8 Å². The number of nitrogens with zero attached hydrogens (tertiary/aromatic N) is 1. The number of nitrogens with one attached hydrogen (secondary N) is 1. The monoisotopic (exact) mass is 293 g/mol. The third-order valence-corrected chi connectivity index (χ3v) is 3.37. The zero-order chi connectivity index (χ0) is 15.4. The first-order chi connectivity index (χ1) is 10.1. The number of nitrogens with two attached hydrogens (primary N) is 1. The summed E-state index contributed by atoms with van der Waals surface area (Å²) in [5.74, 6) is -1.27. The van der Waals surface area contributed by atoms with Crippen molar-refractivity contribution >= 4 is 23.3 Å². The Morgan fingerprint density at radius 3 is 2.95 bits per heavy atom. The summed E-state index contributed by atoms with van der Waals surface area (Å²) in [5.41, 5.74) is 6.76. The number of benzene rings is 1. The molecule has 114 valence electrons. The molecule has 7 heteroatoms. The molecule has 1 saturated heterocycles. The Morgan fingerprint density at radius 1 is 1.52 bits per heavy atom. The van der Waals surface area contributed by atoms with Gasteiger partial charge >= 0.3 is 5.97 Å². The second-order valence-corrected chi connectivity index (χ2v) is 4.73. The number of carboxylic acids is 1. The molecule has 1 aromatic rings. The fraction of sp³-hybridized carbons (Fsp3) is 0.429. The Hall–Kier alpha value is -2.28. The number of likely N-dealkylation sites (N-methyl/N-ethyl adjacent to an activating group) is 1. The van der Waals surface area contributed by atoms with Crippen LogP contribution in [-0.2, 0) is 9.53 Å². The minimum atomic E-state index is -1.07. The molecule has 1 aliphatic rings. The predicted octanol–water partition coefficient (Wildman–Crippen LogP) is 0.308. The van der Waals surface area contributed by atoms with Gasteiger partial charge in [0.1, 0.15) is 6.04 Å². The van der Waals surface area contributed by atoms with Gasteiger partial charge in [0.05, 0.1) is 30.2 Å². The van der Waals surface area contributed by atoms with E-state index in [0.717, 1.165) is 0 Å². The number of anilines is 2. The van der Waals surface area contributed by atoms with Crippen LogP contribution < -0.4 is 16.0 Å². The number of amides is 1. The number of rotatable bonds is 4. The highest BCUT2D eigenvalue weighted by molar-refractivity contribution is 5.99. The molecular formula is C14H19N3O4. The van der Waals surface area contributed by atoms with Crippen LogP contribution in [0.25, 0.3) is 0 Å². The number of nitrogen functional groups attached to an aromatic ring is 1. The SMILES string of the molecule is CCNC(=O)C1COCCN1c1c(N)cccc1C(=O)O. The van der Waals surface area contributed by atoms with E-state index in [4.69, 9.17) is 10.5 Å². The summed E-state index contributed by atoms with van der Waals surface area (Å²) >= 11 is 0. The molecule has 0 radical (unpaired) electrons. The van der Waals surface area contributed by atoms with E-state index < -0.39 is 12.0 Å². The van der Waals surface area contributed by atoms with Crippen molar-refractivity contribution < 1.29 is 19.4 Å². The fourth-order valence-corrected chi connectivity index (χ4v) is 2.44. The Morgan fingerprint density at radius 2 is 2.29 bits per heavy atom. The molecule has 0 saturated carbocycles. The van der Waals surface area contributed by atoms with Crippen molar-refractivity contribution in [2.45, 2.75) is 13.0 Å². The first-order valence-electron chi connectivity index (χ1n) is 6.80. The summed E-state index contributed by atoms with van der Waals surface area (Å²) in [6.45, 7) is 3.36. The van der Waals surface area contributed by atoms with Crippen LogP contribution in [0.5, 0.6) is 0 Å². The summed E-state index contributed by atoms with van der Waals surface area (Å²) in [4.78, 5) is 25.3. The zero-order valence-corrected chi connectivity index (χ0v) is 11.8. The molecule has 1 unspecified atom stereocenters. The lowest BCUT2D eigenvalue weighted by molar-refractivity contribution is -0.124. The number of carbonyl (C=O) groups excluding carboxylic acids is 1. The molecule has 2 rings (SSSR count). The molecule has 0 bridgehead atoms. The Kier molecular flexibility index (Phi) is 4.64. The lowest BCUT2D eigenvalue weighted by Gasteiger charge is -2.37. The maximum Gasteiger partial charge on any atom is 0.337 e. The van der Waals surface area contributed by atoms with E-state index in [1.165, 1.54) is 6.07 Å². The third kappa shape index (κ3) is 3.08. The van der Waals surface area contributed by atoms with Gasteiger partial charge in [-0.25, -0.2) is 4.79 Å². The van der Waals surface area contributed by atoms with Gasteiger partial charge in [-0.3, -0.25) is 4.79 Å². The number of aromatic carboxylic acids is 1. The number of morpholine rings is 1. The van der Waals surface area contributed by atoms with Gasteiger partial charge in [0, 0.05) is 13.1 Å². The minimum Gasteiger partial charge on any atom is -0.478 e. The fourth-order valence-electron chi connectivity index (χ4n) is 2.44. The second kappa shape index (κ2) is 6.45. The van der Waals surface area contributed by atoms with Crippen molar-refractivity contribution in [1.82, 2.24) is 5.32 Å². The normalized spacial score (nSPS) is 18.3. The van der Waals surface area contributed by atoms with Crippen LogP contribution in [0.3, 0.4) is 0 Å². The van der Waals surface area contributed by atoms with E-state index in [0.29, 0.717) is 31.1 Å². The molecule has 4 N–H and O–H groups in total. The smallest absolute Gasteiger partial charge is 0.337 e. The van der Waals surface area contributed by atoms with Crippen LogP contribution in [0.2, 0.25) is 0 Å². The van der Waals surface area contributed by atoms with Crippen molar-refractivity contribution in [2.24, 2.45) is 0 Å². The minimum absolute atomic E-state index is 0.0891. The average Bonchev–Trinajstić information content (AvgIpc) is 2.47. The third-order valence-electron chi connectivity index (χ3n) is 3.37. The van der Waals surface area contributed by atoms with Crippen LogP contribution >= 0.6 is 0 Å². The number of carbonyl (C=O) groups is 2. The Bertz CT molecular complexity index is 547. The zero-order valence-electron chi connectivity index (χ0n) is 11.8. The van der Waals surface area contributed by atoms with E-state index in [1.807, 2.05) is 6.92 Å². The molecule has 0 aromatic heterocycles. The largest absolute Gasteiger partial charge is 0.478 e. The van der Waals surface area contributed by atoms with Crippen LogP contribution in [0.15, 0.2) is 18.2 Å². The summed E-state index contributed by atoms with van der Waals surface area (Å²) in [5, 5.41) is 12.1. The van der Waals surface area contributed by atoms with Crippen molar-refractivity contribution in [2.75, 3.05) is 36.9 Å². The average molecular weight is 293 g/mol. The van der Waals surface area contributed by atoms with E-state index in [1.54, 1.807) is 17.0 Å². The van der Waals surface area contributed by atoms with Crippen LogP contribution in [-0.4, -0.2) is 49.3 Å². The first-order valence-corrected chi connectivity index (χ1v) is 6.80. The van der Waals surface area contributed by atoms with Crippen LogP contribution in [0.1, 0.15) is 17.3 Å². The van der Waals surface area contributed by atoms with E-state index >= 15 is 0 Å². The molecule has 7 nitrogen and oxygen atoms in total. The highest BCUT2D eigenvalue weighted by Gasteiger charge is 2.32. The number of hydrogen-bond donors (Lipinski definition) is 3. The summed E-state index contributed by atoms with van der Waals surface area (Å²) in [7, 11) is 0. The standard InChI is InChI=1S/C14H19N3O4/c1-2-16-13(18)11-8-21-7-6-17(11)12-9(14(19)20)4-3-5-10(12)15/h3-5,11H,2,6-8,15H2,1H3,(H,16,18)(H,19,20). The quantitative estimate of drug-likeness (QED) is 0.690. The van der Waals surface area contributed by atoms with Crippen molar-refractivity contribution in [3.63, 3.8) is 0 Å². The Labute approximate surface area is 122 Å². The van der Waals surface area contributed by atoms with Crippen molar-refractivity contribution in [3.05, 3.63) is 23.8 Å². The lowest BCUT2D eigenvalue weighted by atomic mass is 10.1. The molecule has 0 spiro atoms. The highest BCUT2D eigenvalue weighted by Crippen LogP contribution is 2.30. The van der Waals surface area contributed by atoms with Gasteiger partial charge in [0.25, 0.3) is 0 Å². The molecule has 1 aliphatic heterocycles. The summed E-state index contributed by atoms with van der Waals surface area (Å²) in [6.07, 6.45) is 0. The Balaban J connectivity index is 2.42. The predicted molar refractivity (Wildman–Crippen MR) is 78.5 cm³/mol. The lowest BCUT2D eigenvalue weighted by Crippen LogP contribution is -2.54. The van der Waals surface area contributed by atoms with Crippen LogP contribution in [0.4, 0.5) is 11.4 Å². The van der Waals surface area contributed by atoms with Gasteiger partial charge in [-0.05, 0) is 19.1 Å². The van der Waals surface area contributed by atoms with Gasteiger partial charge in [-0.1, -0.05) is 6.07 Å². The molecule has 0 aliphatic carbocycles. The number of ether oxygens (including phenoxy) is 1. The number of hydrogen-bond acceptors (Lipinski definition) is 5. The van der Waals surface area contributed by atoms with Gasteiger partial charge in [0.2, 0.25) is 5.91 Å². The van der Waals surface area contributed by atoms with Gasteiger partial charge in [-0.2, -0.15) is 0 Å². The first kappa shape index (κ1) is 15.1. The van der Waals surface area contributed by atoms with Crippen molar-refractivity contribution in [3.8, 4) is 0 Å². The highest BCUT2D eigenvalue weighted by atomic mass is 16.5. The molecular weight excluding hydrogens is 274 g/mol. The summed E-state index contributed by atoms with van der Waals surface area (Å²) in [6, 6.07) is 4.12. The number of para-hydroxylation sites is 1. The van der Waals surface area contributed by atoms with E-state index in [-0.39, 0.29) is 18.1 Å². The molecule has 21 heavy (non-hydrogen) atoms. The van der Waals surface area contributed by atoms with Gasteiger partial charge in [-0.15, -0.1) is 0 Å². The molecule has 1 aromatic carbocycles. The van der Waals surface area contributed by atoms with Crippen molar-refractivity contribution in [1.29, 1.82) is 0 Å². The number of carboxylic acid groups (broad SMARTS) is 1. The topological polar surface area (TPSA) is 105 Å². The second-order valence-electron chi connectivity index (χ2n) is 4.73. The molecule has 1 heterocycles. The van der Waals surface area contributed by atoms with Crippen LogP contribution in [0, 0.1) is 0 Å². The maximum atomic E-state index is 12.2. The maximum absolute atomic E-state index is 12.2. The molecule has 1 amide bonds. The summed E-state index contributed by atoms with van der Waals surface area (Å²) < 4.78 is 5.35. The molecule has 1 atom stereocenters.